The molecule has 1 unspecified atom stereocenters. The molecular weight excluding hydrogens is 228 g/mol. The molecule has 0 spiro atoms. The average Bonchev–Trinajstić information content (AvgIpc) is 2.86. The van der Waals surface area contributed by atoms with Crippen molar-refractivity contribution in [3.8, 4) is 5.75 Å². The molecule has 0 aromatic heterocycles. The zero-order valence-corrected chi connectivity index (χ0v) is 10.9. The summed E-state index contributed by atoms with van der Waals surface area (Å²) in [6.07, 6.45) is 1.13. The first-order valence-corrected chi connectivity index (χ1v) is 6.65. The fraction of sp³-hybridized carbons (Fsp3) is 0.571. The van der Waals surface area contributed by atoms with E-state index < -0.39 is 0 Å². The first kappa shape index (κ1) is 13.2. The van der Waals surface area contributed by atoms with E-state index >= 15 is 0 Å². The summed E-state index contributed by atoms with van der Waals surface area (Å²) in [7, 11) is 0. The molecule has 1 aliphatic heterocycles. The Hall–Kier alpha value is -1.26. The summed E-state index contributed by atoms with van der Waals surface area (Å²) in [5, 5.41) is 12.1. The predicted molar refractivity (Wildman–Crippen MR) is 73.3 cm³/mol. The lowest BCUT2D eigenvalue weighted by molar-refractivity contribution is 0.286. The Morgan fingerprint density at radius 2 is 2.17 bits per heavy atom. The molecule has 2 rings (SSSR count). The van der Waals surface area contributed by atoms with Crippen molar-refractivity contribution in [3.05, 3.63) is 24.3 Å². The lowest BCUT2D eigenvalue weighted by Crippen LogP contribution is -2.34. The van der Waals surface area contributed by atoms with Crippen LogP contribution in [-0.2, 0) is 0 Å². The summed E-state index contributed by atoms with van der Waals surface area (Å²) in [4.78, 5) is 2.37. The molecule has 4 heteroatoms. The quantitative estimate of drug-likeness (QED) is 0.797. The van der Waals surface area contributed by atoms with Crippen LogP contribution in [0.1, 0.15) is 13.3 Å². The van der Waals surface area contributed by atoms with Gasteiger partial charge in [-0.2, -0.15) is 0 Å². The second-order valence-corrected chi connectivity index (χ2v) is 4.54. The molecule has 1 heterocycles. The minimum atomic E-state index is 0.208. The second-order valence-electron chi connectivity index (χ2n) is 4.54. The topological polar surface area (TPSA) is 44.7 Å². The molecule has 4 nitrogen and oxygen atoms in total. The maximum absolute atomic E-state index is 8.80. The molecule has 0 aliphatic carbocycles. The Bertz CT molecular complexity index is 353. The minimum Gasteiger partial charge on any atom is -0.494 e. The fourth-order valence-corrected chi connectivity index (χ4v) is 2.35. The summed E-state index contributed by atoms with van der Waals surface area (Å²) < 4.78 is 5.44. The zero-order chi connectivity index (χ0) is 12.8. The molecule has 100 valence electrons. The molecule has 1 aromatic carbocycles. The molecule has 2 N–H and O–H groups in total. The standard InChI is InChI=1S/C14H22N2O2/c1-2-18-14-5-3-13(4-6-14)16-9-7-12(11-16)15-8-10-17/h3-6,12,15,17H,2,7-11H2,1H3. The van der Waals surface area contributed by atoms with Gasteiger partial charge >= 0.3 is 0 Å². The van der Waals surface area contributed by atoms with Crippen molar-refractivity contribution in [2.75, 3.05) is 37.7 Å². The molecule has 0 bridgehead atoms. The molecule has 0 saturated carbocycles. The van der Waals surface area contributed by atoms with Crippen LogP contribution in [0, 0.1) is 0 Å². The van der Waals surface area contributed by atoms with E-state index in [1.807, 2.05) is 19.1 Å². The number of rotatable bonds is 6. The molecule has 1 saturated heterocycles. The van der Waals surface area contributed by atoms with Crippen LogP contribution in [0.3, 0.4) is 0 Å². The molecule has 18 heavy (non-hydrogen) atoms. The molecule has 1 aliphatic rings. The van der Waals surface area contributed by atoms with Crippen molar-refractivity contribution in [2.45, 2.75) is 19.4 Å². The Kier molecular flexibility index (Phi) is 4.84. The summed E-state index contributed by atoms with van der Waals surface area (Å²) in [6, 6.07) is 8.75. The third-order valence-corrected chi connectivity index (χ3v) is 3.25. The van der Waals surface area contributed by atoms with Gasteiger partial charge in [0, 0.05) is 31.4 Å². The van der Waals surface area contributed by atoms with Gasteiger partial charge in [0.2, 0.25) is 0 Å². The highest BCUT2D eigenvalue weighted by Gasteiger charge is 2.21. The van der Waals surface area contributed by atoms with E-state index in [4.69, 9.17) is 9.84 Å². The highest BCUT2D eigenvalue weighted by atomic mass is 16.5. The van der Waals surface area contributed by atoms with Crippen LogP contribution < -0.4 is 15.0 Å². The van der Waals surface area contributed by atoms with Gasteiger partial charge in [0.15, 0.2) is 0 Å². The Balaban J connectivity index is 1.88. The number of benzene rings is 1. The van der Waals surface area contributed by atoms with Crippen LogP contribution in [0.4, 0.5) is 5.69 Å². The first-order valence-electron chi connectivity index (χ1n) is 6.65. The maximum atomic E-state index is 8.80. The van der Waals surface area contributed by atoms with E-state index in [0.29, 0.717) is 19.2 Å². The molecule has 0 amide bonds. The lowest BCUT2D eigenvalue weighted by atomic mass is 10.2. The van der Waals surface area contributed by atoms with Crippen LogP contribution in [0.2, 0.25) is 0 Å². The largest absolute Gasteiger partial charge is 0.494 e. The predicted octanol–water partition coefficient (Wildman–Crippen LogP) is 1.25. The van der Waals surface area contributed by atoms with Gasteiger partial charge in [-0.3, -0.25) is 0 Å². The van der Waals surface area contributed by atoms with Crippen molar-refractivity contribution < 1.29 is 9.84 Å². The van der Waals surface area contributed by atoms with Gasteiger partial charge in [-0.1, -0.05) is 0 Å². The third-order valence-electron chi connectivity index (χ3n) is 3.25. The minimum absolute atomic E-state index is 0.208. The second kappa shape index (κ2) is 6.61. The zero-order valence-electron chi connectivity index (χ0n) is 10.9. The number of hydrogen-bond donors (Lipinski definition) is 2. The van der Waals surface area contributed by atoms with Gasteiger partial charge in [0.25, 0.3) is 0 Å². The molecular formula is C14H22N2O2. The van der Waals surface area contributed by atoms with Crippen molar-refractivity contribution >= 4 is 5.69 Å². The number of anilines is 1. The first-order chi connectivity index (χ1) is 8.83. The molecule has 1 atom stereocenters. The van der Waals surface area contributed by atoms with Crippen LogP contribution >= 0.6 is 0 Å². The maximum Gasteiger partial charge on any atom is 0.119 e. The van der Waals surface area contributed by atoms with Gasteiger partial charge < -0.3 is 20.1 Å². The highest BCUT2D eigenvalue weighted by molar-refractivity contribution is 5.50. The third kappa shape index (κ3) is 3.37. The van der Waals surface area contributed by atoms with Gasteiger partial charge in [-0.25, -0.2) is 0 Å². The van der Waals surface area contributed by atoms with Crippen molar-refractivity contribution in [2.24, 2.45) is 0 Å². The number of hydrogen-bond acceptors (Lipinski definition) is 4. The molecule has 0 radical (unpaired) electrons. The molecule has 1 fully saturated rings. The van der Waals surface area contributed by atoms with Crippen LogP contribution in [0.15, 0.2) is 24.3 Å². The Morgan fingerprint density at radius 3 is 2.83 bits per heavy atom. The van der Waals surface area contributed by atoms with Gasteiger partial charge in [0.05, 0.1) is 13.2 Å². The van der Waals surface area contributed by atoms with E-state index in [9.17, 15) is 0 Å². The van der Waals surface area contributed by atoms with Crippen LogP contribution in [-0.4, -0.2) is 44.0 Å². The van der Waals surface area contributed by atoms with Gasteiger partial charge in [-0.05, 0) is 37.6 Å². The van der Waals surface area contributed by atoms with Gasteiger partial charge in [-0.15, -0.1) is 0 Å². The summed E-state index contributed by atoms with van der Waals surface area (Å²) in [5.74, 6) is 0.926. The smallest absolute Gasteiger partial charge is 0.119 e. The van der Waals surface area contributed by atoms with E-state index in [2.05, 4.69) is 22.3 Å². The number of nitrogens with zero attached hydrogens (tertiary/aromatic N) is 1. The van der Waals surface area contributed by atoms with E-state index in [-0.39, 0.29) is 6.61 Å². The van der Waals surface area contributed by atoms with E-state index in [1.165, 1.54) is 5.69 Å². The Morgan fingerprint density at radius 1 is 1.39 bits per heavy atom. The summed E-state index contributed by atoms with van der Waals surface area (Å²) in [5.41, 5.74) is 1.24. The van der Waals surface area contributed by atoms with Crippen molar-refractivity contribution in [1.29, 1.82) is 0 Å². The number of ether oxygens (including phenoxy) is 1. The number of nitrogens with one attached hydrogen (secondary N) is 1. The highest BCUT2D eigenvalue weighted by Crippen LogP contribution is 2.23. The average molecular weight is 250 g/mol. The molecule has 1 aromatic rings. The monoisotopic (exact) mass is 250 g/mol. The number of aliphatic hydroxyl groups is 1. The number of aliphatic hydroxyl groups excluding tert-OH is 1. The van der Waals surface area contributed by atoms with Crippen LogP contribution in [0.5, 0.6) is 5.75 Å². The van der Waals surface area contributed by atoms with E-state index in [0.717, 1.165) is 25.3 Å². The van der Waals surface area contributed by atoms with Crippen LogP contribution in [0.25, 0.3) is 0 Å². The summed E-state index contributed by atoms with van der Waals surface area (Å²) in [6.45, 7) is 5.66. The summed E-state index contributed by atoms with van der Waals surface area (Å²) >= 11 is 0. The van der Waals surface area contributed by atoms with Gasteiger partial charge in [0.1, 0.15) is 5.75 Å². The van der Waals surface area contributed by atoms with E-state index in [1.54, 1.807) is 0 Å². The van der Waals surface area contributed by atoms with Crippen molar-refractivity contribution in [3.63, 3.8) is 0 Å². The van der Waals surface area contributed by atoms with Crippen molar-refractivity contribution in [1.82, 2.24) is 5.32 Å². The lowest BCUT2D eigenvalue weighted by Gasteiger charge is -2.19. The normalized spacial score (nSPS) is 19.2. The fourth-order valence-electron chi connectivity index (χ4n) is 2.35. The SMILES string of the molecule is CCOc1ccc(N2CCC(NCCO)C2)cc1. The Labute approximate surface area is 109 Å².